The molecule has 4 N–H and O–H groups in total. The number of rotatable bonds is 4. The average molecular weight is 283 g/mol. The van der Waals surface area contributed by atoms with Gasteiger partial charge >= 0.3 is 102 Å². The summed E-state index contributed by atoms with van der Waals surface area (Å²) in [4.78, 5) is 0. The second kappa shape index (κ2) is 4.97. The van der Waals surface area contributed by atoms with Crippen LogP contribution in [0.15, 0.2) is 24.3 Å². The van der Waals surface area contributed by atoms with Crippen LogP contribution in [-0.4, -0.2) is 37.8 Å². The van der Waals surface area contributed by atoms with Gasteiger partial charge in [-0.1, -0.05) is 0 Å². The number of hydrogen-bond acceptors (Lipinski definition) is 2. The molecule has 0 radical (unpaired) electrons. The van der Waals surface area contributed by atoms with Gasteiger partial charge in [0.1, 0.15) is 0 Å². The third-order valence-corrected chi connectivity index (χ3v) is 3.56. The van der Waals surface area contributed by atoms with Gasteiger partial charge in [-0.25, -0.2) is 0 Å². The molecule has 1 heterocycles. The fourth-order valence-electron chi connectivity index (χ4n) is 1.96. The van der Waals surface area contributed by atoms with E-state index in [-0.39, 0.29) is 0 Å². The Kier molecular flexibility index (Phi) is 3.61. The van der Waals surface area contributed by atoms with Crippen LogP contribution in [0.3, 0.4) is 0 Å². The van der Waals surface area contributed by atoms with Gasteiger partial charge in [0.15, 0.2) is 0 Å². The van der Waals surface area contributed by atoms with Crippen molar-refractivity contribution in [1.29, 1.82) is 0 Å². The number of fused-ring (bicyclic) bond motifs is 1. The van der Waals surface area contributed by atoms with Crippen molar-refractivity contribution >= 4 is 26.6 Å². The summed E-state index contributed by atoms with van der Waals surface area (Å²) in [5.74, 6) is 0. The van der Waals surface area contributed by atoms with Gasteiger partial charge in [-0.15, -0.1) is 0 Å². The van der Waals surface area contributed by atoms with Crippen molar-refractivity contribution in [2.24, 2.45) is 11.5 Å². The van der Waals surface area contributed by atoms with E-state index in [4.69, 9.17) is 11.5 Å². The van der Waals surface area contributed by atoms with Crippen LogP contribution in [0.25, 0.3) is 11.0 Å². The standard InChI is InChI=1S/C11H16N4Se/c12-5-7-14-9-3-1-2-4-10(9)15(8-6-13)11(14)16/h1-4H,5-8,12-13H2. The number of imidazole rings is 1. The molecule has 5 heteroatoms. The Morgan fingerprint density at radius 3 is 1.75 bits per heavy atom. The van der Waals surface area contributed by atoms with Crippen LogP contribution in [-0.2, 0) is 13.1 Å². The SMILES string of the molecule is NCCn1c(=[Se])n(CCN)c2ccccc21. The average Bonchev–Trinajstić information content (AvgIpc) is 2.56. The molecule has 0 aliphatic carbocycles. The van der Waals surface area contributed by atoms with Gasteiger partial charge in [-0.2, -0.15) is 0 Å². The third-order valence-electron chi connectivity index (χ3n) is 2.63. The van der Waals surface area contributed by atoms with E-state index in [2.05, 4.69) is 36.8 Å². The van der Waals surface area contributed by atoms with Crippen LogP contribution in [0, 0.1) is 4.32 Å². The molecule has 0 unspecified atom stereocenters. The minimum absolute atomic E-state index is 0.635. The van der Waals surface area contributed by atoms with Crippen LogP contribution in [0.4, 0.5) is 0 Å². The van der Waals surface area contributed by atoms with E-state index in [1.807, 2.05) is 12.1 Å². The normalized spacial score (nSPS) is 11.1. The summed E-state index contributed by atoms with van der Waals surface area (Å²) in [6, 6.07) is 8.31. The van der Waals surface area contributed by atoms with Crippen molar-refractivity contribution in [2.45, 2.75) is 13.1 Å². The zero-order chi connectivity index (χ0) is 11.5. The Bertz CT molecular complexity index is 494. The van der Waals surface area contributed by atoms with Gasteiger partial charge in [-0.3, -0.25) is 0 Å². The molecule has 0 aliphatic heterocycles. The third kappa shape index (κ3) is 1.87. The summed E-state index contributed by atoms with van der Waals surface area (Å²) < 4.78 is 5.49. The molecule has 0 bridgehead atoms. The summed E-state index contributed by atoms with van der Waals surface area (Å²) in [5, 5.41) is 0. The quantitative estimate of drug-likeness (QED) is 0.780. The summed E-state index contributed by atoms with van der Waals surface area (Å²) in [7, 11) is 0. The molecule has 0 saturated carbocycles. The van der Waals surface area contributed by atoms with E-state index in [0.29, 0.717) is 13.1 Å². The first-order chi connectivity index (χ1) is 7.79. The van der Waals surface area contributed by atoms with Crippen molar-refractivity contribution in [3.8, 4) is 0 Å². The van der Waals surface area contributed by atoms with Crippen molar-refractivity contribution in [1.82, 2.24) is 9.13 Å². The van der Waals surface area contributed by atoms with Gasteiger partial charge in [0.25, 0.3) is 0 Å². The summed E-state index contributed by atoms with van der Waals surface area (Å²) in [6.45, 7) is 2.91. The Morgan fingerprint density at radius 1 is 0.938 bits per heavy atom. The number of nitrogens with zero attached hydrogens (tertiary/aromatic N) is 2. The second-order valence-electron chi connectivity index (χ2n) is 3.65. The number of nitrogens with two attached hydrogens (primary N) is 2. The van der Waals surface area contributed by atoms with E-state index >= 15 is 0 Å². The molecular weight excluding hydrogens is 267 g/mol. The zero-order valence-corrected chi connectivity index (χ0v) is 10.8. The number of aromatic nitrogens is 2. The predicted octanol–water partition coefficient (Wildman–Crippen LogP) is 0.0607. The molecule has 1 aromatic heterocycles. The van der Waals surface area contributed by atoms with E-state index in [9.17, 15) is 0 Å². The van der Waals surface area contributed by atoms with E-state index < -0.39 is 0 Å². The van der Waals surface area contributed by atoms with E-state index in [1.165, 1.54) is 11.0 Å². The maximum atomic E-state index is 5.64. The van der Waals surface area contributed by atoms with Crippen LogP contribution >= 0.6 is 0 Å². The summed E-state index contributed by atoms with van der Waals surface area (Å²) in [6.07, 6.45) is 0. The fraction of sp³-hybridized carbons (Fsp3) is 0.364. The fourth-order valence-corrected chi connectivity index (χ4v) is 2.76. The molecule has 0 saturated heterocycles. The monoisotopic (exact) mass is 284 g/mol. The molecule has 0 fully saturated rings. The first-order valence-electron chi connectivity index (χ1n) is 5.37. The topological polar surface area (TPSA) is 61.9 Å². The molecule has 86 valence electrons. The molecule has 2 aromatic rings. The molecule has 4 nitrogen and oxygen atoms in total. The first-order valence-corrected chi connectivity index (χ1v) is 6.23. The van der Waals surface area contributed by atoms with Gasteiger partial charge in [0.05, 0.1) is 0 Å². The van der Waals surface area contributed by atoms with Gasteiger partial charge in [0.2, 0.25) is 0 Å². The molecule has 16 heavy (non-hydrogen) atoms. The Labute approximate surface area is 102 Å². The maximum absolute atomic E-state index is 5.64. The van der Waals surface area contributed by atoms with Crippen molar-refractivity contribution < 1.29 is 0 Å². The molecule has 1 aromatic carbocycles. The zero-order valence-electron chi connectivity index (χ0n) is 9.10. The molecule has 0 amide bonds. The second-order valence-corrected chi connectivity index (χ2v) is 4.42. The number of benzene rings is 1. The molecule has 0 atom stereocenters. The number of hydrogen-bond donors (Lipinski definition) is 2. The molecule has 0 spiro atoms. The first kappa shape index (κ1) is 11.6. The van der Waals surface area contributed by atoms with Gasteiger partial charge in [0, 0.05) is 0 Å². The van der Waals surface area contributed by atoms with Gasteiger partial charge in [-0.05, 0) is 0 Å². The molecule has 0 aliphatic rings. The van der Waals surface area contributed by atoms with Crippen molar-refractivity contribution in [3.63, 3.8) is 0 Å². The Hall–Kier alpha value is -0.871. The van der Waals surface area contributed by atoms with E-state index in [1.54, 1.807) is 0 Å². The predicted molar refractivity (Wildman–Crippen MR) is 67.0 cm³/mol. The van der Waals surface area contributed by atoms with Crippen LogP contribution in [0.1, 0.15) is 0 Å². The molecular formula is C11H16N4Se. The van der Waals surface area contributed by atoms with Gasteiger partial charge < -0.3 is 0 Å². The van der Waals surface area contributed by atoms with Crippen molar-refractivity contribution in [2.75, 3.05) is 13.1 Å². The van der Waals surface area contributed by atoms with Crippen molar-refractivity contribution in [3.05, 3.63) is 28.6 Å². The van der Waals surface area contributed by atoms with E-state index in [0.717, 1.165) is 17.4 Å². The summed E-state index contributed by atoms with van der Waals surface area (Å²) in [5.41, 5.74) is 13.7. The van der Waals surface area contributed by atoms with Crippen LogP contribution < -0.4 is 11.5 Å². The summed E-state index contributed by atoms with van der Waals surface area (Å²) >= 11 is 3.11. The molecule has 2 rings (SSSR count). The Balaban J connectivity index is 2.70. The van der Waals surface area contributed by atoms with Crippen LogP contribution in [0.2, 0.25) is 0 Å². The van der Waals surface area contributed by atoms with Crippen LogP contribution in [0.5, 0.6) is 0 Å². The Morgan fingerprint density at radius 2 is 1.38 bits per heavy atom. The minimum atomic E-state index is 0.635. The number of para-hydroxylation sites is 2.